The average Bonchev–Trinajstić information content (AvgIpc) is 3.11. The third-order valence-corrected chi connectivity index (χ3v) is 3.90. The van der Waals surface area contributed by atoms with Gasteiger partial charge in [0.2, 0.25) is 0 Å². The molecule has 2 aromatic heterocycles. The van der Waals surface area contributed by atoms with E-state index in [1.807, 2.05) is 24.5 Å². The van der Waals surface area contributed by atoms with Gasteiger partial charge in [0.1, 0.15) is 12.0 Å². The number of oxazole rings is 1. The van der Waals surface area contributed by atoms with E-state index in [2.05, 4.69) is 25.6 Å². The molecule has 0 saturated heterocycles. The summed E-state index contributed by atoms with van der Waals surface area (Å²) in [4.78, 5) is 36.8. The zero-order valence-corrected chi connectivity index (χ0v) is 13.9. The van der Waals surface area contributed by atoms with Crippen molar-refractivity contribution in [3.05, 3.63) is 60.5 Å². The highest BCUT2D eigenvalue weighted by Gasteiger charge is 2.16. The molecule has 3 aromatic rings. The van der Waals surface area contributed by atoms with Crippen LogP contribution in [0.1, 0.15) is 21.0 Å². The average molecular weight is 355 g/mol. The van der Waals surface area contributed by atoms with E-state index in [0.29, 0.717) is 5.69 Å². The number of aromatic nitrogens is 3. The van der Waals surface area contributed by atoms with Gasteiger partial charge in [-0.15, -0.1) is 11.8 Å². The molecule has 2 heterocycles. The van der Waals surface area contributed by atoms with Crippen LogP contribution < -0.4 is 10.6 Å². The van der Waals surface area contributed by atoms with E-state index in [-0.39, 0.29) is 17.4 Å². The zero-order chi connectivity index (χ0) is 17.6. The number of rotatable bonds is 5. The van der Waals surface area contributed by atoms with Gasteiger partial charge in [-0.25, -0.2) is 4.98 Å². The minimum atomic E-state index is -0.533. The molecule has 3 rings (SSSR count). The predicted octanol–water partition coefficient (Wildman–Crippen LogP) is 2.69. The van der Waals surface area contributed by atoms with Crippen molar-refractivity contribution in [3.8, 4) is 0 Å². The van der Waals surface area contributed by atoms with Gasteiger partial charge in [0.25, 0.3) is 11.8 Å². The first-order chi connectivity index (χ1) is 12.2. The minimum Gasteiger partial charge on any atom is -0.431 e. The Hall–Kier alpha value is -3.20. The fourth-order valence-corrected chi connectivity index (χ4v) is 2.50. The van der Waals surface area contributed by atoms with Crippen molar-refractivity contribution >= 4 is 35.3 Å². The topological polar surface area (TPSA) is 110 Å². The van der Waals surface area contributed by atoms with Gasteiger partial charge in [-0.1, -0.05) is 12.1 Å². The van der Waals surface area contributed by atoms with Crippen LogP contribution in [0.5, 0.6) is 0 Å². The van der Waals surface area contributed by atoms with E-state index in [1.54, 1.807) is 6.07 Å². The van der Waals surface area contributed by atoms with Crippen molar-refractivity contribution in [1.82, 2.24) is 15.0 Å². The molecule has 0 spiro atoms. The lowest BCUT2D eigenvalue weighted by atomic mass is 10.3. The summed E-state index contributed by atoms with van der Waals surface area (Å²) in [6.07, 6.45) is 7.25. The Morgan fingerprint density at radius 2 is 1.88 bits per heavy atom. The summed E-state index contributed by atoms with van der Waals surface area (Å²) in [6, 6.07) is 7.30. The largest absolute Gasteiger partial charge is 0.431 e. The Balaban J connectivity index is 1.68. The van der Waals surface area contributed by atoms with Crippen LogP contribution in [0.2, 0.25) is 0 Å². The van der Waals surface area contributed by atoms with E-state index < -0.39 is 11.8 Å². The summed E-state index contributed by atoms with van der Waals surface area (Å²) in [5.41, 5.74) is 0.832. The lowest BCUT2D eigenvalue weighted by Crippen LogP contribution is -2.15. The molecule has 1 aromatic carbocycles. The number of hydrogen-bond acceptors (Lipinski definition) is 7. The first-order valence-corrected chi connectivity index (χ1v) is 8.37. The van der Waals surface area contributed by atoms with Gasteiger partial charge in [0.05, 0.1) is 11.9 Å². The summed E-state index contributed by atoms with van der Waals surface area (Å²) in [5.74, 6) is -0.972. The Kier molecular flexibility index (Phi) is 5.05. The van der Waals surface area contributed by atoms with Gasteiger partial charge in [-0.2, -0.15) is 4.98 Å². The highest BCUT2D eigenvalue weighted by Crippen LogP contribution is 2.25. The maximum Gasteiger partial charge on any atom is 0.302 e. The molecule has 2 amide bonds. The van der Waals surface area contributed by atoms with E-state index in [4.69, 9.17) is 4.42 Å². The smallest absolute Gasteiger partial charge is 0.302 e. The van der Waals surface area contributed by atoms with Crippen LogP contribution in [0.3, 0.4) is 0 Å². The van der Waals surface area contributed by atoms with Crippen LogP contribution in [0.25, 0.3) is 0 Å². The third kappa shape index (κ3) is 4.01. The Bertz CT molecular complexity index is 898. The quantitative estimate of drug-likeness (QED) is 0.677. The Labute approximate surface area is 147 Å². The second kappa shape index (κ2) is 7.58. The lowest BCUT2D eigenvalue weighted by Gasteiger charge is -2.07. The Morgan fingerprint density at radius 3 is 2.64 bits per heavy atom. The van der Waals surface area contributed by atoms with Crippen LogP contribution in [0.4, 0.5) is 11.7 Å². The maximum absolute atomic E-state index is 12.3. The summed E-state index contributed by atoms with van der Waals surface area (Å²) >= 11 is 1.52. The summed E-state index contributed by atoms with van der Waals surface area (Å²) in [6.45, 7) is 0. The van der Waals surface area contributed by atoms with Crippen molar-refractivity contribution in [1.29, 1.82) is 0 Å². The van der Waals surface area contributed by atoms with E-state index >= 15 is 0 Å². The zero-order valence-electron chi connectivity index (χ0n) is 13.1. The highest BCUT2D eigenvalue weighted by molar-refractivity contribution is 7.98. The molecule has 0 aliphatic rings. The summed E-state index contributed by atoms with van der Waals surface area (Å²) in [5, 5.41) is 5.18. The van der Waals surface area contributed by atoms with Crippen molar-refractivity contribution in [2.75, 3.05) is 16.9 Å². The van der Waals surface area contributed by atoms with Crippen molar-refractivity contribution in [3.63, 3.8) is 0 Å². The van der Waals surface area contributed by atoms with Gasteiger partial charge in [-0.3, -0.25) is 19.9 Å². The van der Waals surface area contributed by atoms with Gasteiger partial charge < -0.3 is 9.73 Å². The Morgan fingerprint density at radius 1 is 1.08 bits per heavy atom. The highest BCUT2D eigenvalue weighted by atomic mass is 32.2. The van der Waals surface area contributed by atoms with Crippen LogP contribution in [0, 0.1) is 0 Å². The number of carbonyl (C=O) groups is 2. The predicted molar refractivity (Wildman–Crippen MR) is 92.7 cm³/mol. The van der Waals surface area contributed by atoms with Crippen LogP contribution in [-0.2, 0) is 0 Å². The molecule has 9 heteroatoms. The number of nitrogens with zero attached hydrogens (tertiary/aromatic N) is 3. The number of benzene rings is 1. The second-order valence-electron chi connectivity index (χ2n) is 4.74. The van der Waals surface area contributed by atoms with E-state index in [1.165, 1.54) is 36.6 Å². The molecular weight excluding hydrogens is 342 g/mol. The molecule has 0 aliphatic heterocycles. The molecule has 2 N–H and O–H groups in total. The van der Waals surface area contributed by atoms with Crippen molar-refractivity contribution in [2.45, 2.75) is 4.90 Å². The normalized spacial score (nSPS) is 10.3. The van der Waals surface area contributed by atoms with Gasteiger partial charge in [0.15, 0.2) is 5.69 Å². The van der Waals surface area contributed by atoms with Crippen molar-refractivity contribution < 1.29 is 14.0 Å². The molecule has 0 bridgehead atoms. The number of para-hydroxylation sites is 1. The number of hydrogen-bond donors (Lipinski definition) is 2. The number of nitrogens with one attached hydrogen (secondary N) is 2. The number of amides is 2. The first kappa shape index (κ1) is 16.7. The van der Waals surface area contributed by atoms with Gasteiger partial charge in [0, 0.05) is 17.3 Å². The molecule has 126 valence electrons. The fraction of sp³-hybridized carbons (Fsp3) is 0.0625. The number of carbonyl (C=O) groups excluding carboxylic acids is 2. The van der Waals surface area contributed by atoms with Crippen LogP contribution in [0.15, 0.2) is 58.4 Å². The summed E-state index contributed by atoms with van der Waals surface area (Å²) < 4.78 is 5.11. The molecule has 0 fully saturated rings. The lowest BCUT2D eigenvalue weighted by molar-refractivity contribution is 0.101. The number of thioether (sulfide) groups is 1. The molecular formula is C16H13N5O3S. The maximum atomic E-state index is 12.3. The number of anilines is 2. The summed E-state index contributed by atoms with van der Waals surface area (Å²) in [7, 11) is 0. The molecule has 0 unspecified atom stereocenters. The van der Waals surface area contributed by atoms with E-state index in [0.717, 1.165) is 4.90 Å². The standard InChI is InChI=1S/C16H13N5O3S/c1-25-13-5-3-2-4-10(13)19-15(23)12-9-24-16(20-12)21-14(22)11-8-17-6-7-18-11/h2-9H,1H3,(H,19,23)(H,20,21,22). The van der Waals surface area contributed by atoms with Gasteiger partial charge in [-0.05, 0) is 18.4 Å². The van der Waals surface area contributed by atoms with Crippen LogP contribution in [-0.4, -0.2) is 33.0 Å². The molecule has 0 aliphatic carbocycles. The fourth-order valence-electron chi connectivity index (χ4n) is 1.95. The minimum absolute atomic E-state index is 0.0466. The molecule has 0 radical (unpaired) electrons. The second-order valence-corrected chi connectivity index (χ2v) is 5.59. The van der Waals surface area contributed by atoms with E-state index in [9.17, 15) is 9.59 Å². The molecule has 0 atom stereocenters. The molecule has 8 nitrogen and oxygen atoms in total. The molecule has 0 saturated carbocycles. The van der Waals surface area contributed by atoms with Crippen LogP contribution >= 0.6 is 11.8 Å². The molecule has 25 heavy (non-hydrogen) atoms. The van der Waals surface area contributed by atoms with Gasteiger partial charge >= 0.3 is 6.01 Å². The first-order valence-electron chi connectivity index (χ1n) is 7.14. The monoisotopic (exact) mass is 355 g/mol. The third-order valence-electron chi connectivity index (χ3n) is 3.11. The van der Waals surface area contributed by atoms with Crippen molar-refractivity contribution in [2.24, 2.45) is 0 Å². The SMILES string of the molecule is CSc1ccccc1NC(=O)c1coc(NC(=O)c2cnccn2)n1.